The lowest BCUT2D eigenvalue weighted by molar-refractivity contribution is 0.252. The molecule has 202 valence electrons. The van der Waals surface area contributed by atoms with Gasteiger partial charge in [0.25, 0.3) is 0 Å². The number of aryl methyl sites for hydroxylation is 3. The maximum atomic E-state index is 4.72. The zero-order valence-electron chi connectivity index (χ0n) is 24.3. The van der Waals surface area contributed by atoms with Crippen LogP contribution in [0.15, 0.2) is 103 Å². The minimum atomic E-state index is 0.446. The first-order chi connectivity index (χ1) is 19.0. The smallest absolute Gasteiger partial charge is 0.00738 e. The van der Waals surface area contributed by atoms with E-state index in [1.807, 2.05) is 0 Å². The molecule has 2 unspecified atom stereocenters. The molecule has 0 saturated heterocycles. The highest BCUT2D eigenvalue weighted by Gasteiger charge is 2.30. The number of hydrogen-bond donors (Lipinski definition) is 0. The molecule has 0 nitrogen and oxygen atoms in total. The van der Waals surface area contributed by atoms with Crippen molar-refractivity contribution in [2.45, 2.75) is 78.1 Å². The third kappa shape index (κ3) is 6.91. The summed E-state index contributed by atoms with van der Waals surface area (Å²) < 4.78 is 0. The molecule has 0 amide bonds. The van der Waals surface area contributed by atoms with Gasteiger partial charge in [0.1, 0.15) is 0 Å². The highest BCUT2D eigenvalue weighted by atomic mass is 14.3. The monoisotopic (exact) mass is 514 g/mol. The maximum absolute atomic E-state index is 4.72. The van der Waals surface area contributed by atoms with Gasteiger partial charge in [0, 0.05) is 5.92 Å². The summed E-state index contributed by atoms with van der Waals surface area (Å²) >= 11 is 0. The number of rotatable bonds is 10. The molecule has 0 N–H and O–H groups in total. The van der Waals surface area contributed by atoms with E-state index in [0.717, 1.165) is 25.2 Å². The van der Waals surface area contributed by atoms with Crippen molar-refractivity contribution >= 4 is 5.57 Å². The summed E-state index contributed by atoms with van der Waals surface area (Å²) in [6.45, 7) is 11.5. The molecule has 39 heavy (non-hydrogen) atoms. The maximum Gasteiger partial charge on any atom is 0.00738 e. The molecule has 1 saturated carbocycles. The predicted octanol–water partition coefficient (Wildman–Crippen LogP) is 10.5. The average Bonchev–Trinajstić information content (AvgIpc) is 3.41. The minimum Gasteiger partial charge on any atom is -0.0992 e. The van der Waals surface area contributed by atoms with Gasteiger partial charge in [-0.25, -0.2) is 0 Å². The minimum absolute atomic E-state index is 0.446. The van der Waals surface area contributed by atoms with E-state index in [-0.39, 0.29) is 0 Å². The summed E-state index contributed by atoms with van der Waals surface area (Å²) in [6.07, 6.45) is 16.7. The third-order valence-corrected chi connectivity index (χ3v) is 9.32. The second-order valence-corrected chi connectivity index (χ2v) is 12.2. The molecular formula is C39H46. The molecule has 0 aliphatic heterocycles. The lowest BCUT2D eigenvalue weighted by Gasteiger charge is -2.36. The van der Waals surface area contributed by atoms with Gasteiger partial charge in [-0.05, 0) is 115 Å². The Hall–Kier alpha value is -3.12. The van der Waals surface area contributed by atoms with Gasteiger partial charge in [0.2, 0.25) is 0 Å². The zero-order chi connectivity index (χ0) is 27.2. The van der Waals surface area contributed by atoms with Crippen LogP contribution in [0.4, 0.5) is 0 Å². The lowest BCUT2D eigenvalue weighted by Crippen LogP contribution is -2.23. The SMILES string of the molecule is C=C(CCc1ccccc1)C(c1ccc(C2=CC(C)C=C2)cc1)C1CCC(Cc2ccc(C)c(CC)c2)CC1. The van der Waals surface area contributed by atoms with Crippen molar-refractivity contribution in [3.05, 3.63) is 137 Å². The van der Waals surface area contributed by atoms with Gasteiger partial charge in [-0.1, -0.05) is 117 Å². The first kappa shape index (κ1) is 27.4. The van der Waals surface area contributed by atoms with E-state index in [0.29, 0.717) is 17.8 Å². The van der Waals surface area contributed by atoms with Gasteiger partial charge >= 0.3 is 0 Å². The van der Waals surface area contributed by atoms with Crippen molar-refractivity contribution in [2.75, 3.05) is 0 Å². The Kier molecular flexibility index (Phi) is 9.02. The van der Waals surface area contributed by atoms with Crippen molar-refractivity contribution in [3.63, 3.8) is 0 Å². The van der Waals surface area contributed by atoms with Crippen LogP contribution < -0.4 is 0 Å². The Labute approximate surface area is 237 Å². The fourth-order valence-electron chi connectivity index (χ4n) is 6.96. The van der Waals surface area contributed by atoms with Crippen LogP contribution >= 0.6 is 0 Å². The van der Waals surface area contributed by atoms with Crippen LogP contribution in [0.2, 0.25) is 0 Å². The number of hydrogen-bond acceptors (Lipinski definition) is 0. The molecule has 2 aliphatic rings. The lowest BCUT2D eigenvalue weighted by atomic mass is 9.69. The Morgan fingerprint density at radius 1 is 0.897 bits per heavy atom. The van der Waals surface area contributed by atoms with Gasteiger partial charge in [0.05, 0.1) is 0 Å². The third-order valence-electron chi connectivity index (χ3n) is 9.32. The van der Waals surface area contributed by atoms with Crippen LogP contribution in [-0.2, 0) is 19.3 Å². The molecule has 0 radical (unpaired) electrons. The molecule has 5 rings (SSSR count). The standard InChI is InChI=1S/C39H46/c1-5-34-27-33(15-12-29(34)3)26-32-16-19-36(20-17-32)39(30(4)13-14-31-9-7-6-8-10-31)37-23-21-35(22-24-37)38-18-11-28(2)25-38/h6-12,15,18,21-25,27-28,32,36,39H,4-5,13-14,16-17,19-20,26H2,1-3H3. The van der Waals surface area contributed by atoms with Gasteiger partial charge in [-0.2, -0.15) is 0 Å². The molecule has 3 aromatic carbocycles. The van der Waals surface area contributed by atoms with Crippen molar-refractivity contribution in [3.8, 4) is 0 Å². The molecule has 1 fully saturated rings. The zero-order valence-corrected chi connectivity index (χ0v) is 24.3. The van der Waals surface area contributed by atoms with Crippen LogP contribution in [0, 0.1) is 24.7 Å². The Morgan fingerprint density at radius 3 is 2.31 bits per heavy atom. The van der Waals surface area contributed by atoms with E-state index in [4.69, 9.17) is 6.58 Å². The fraction of sp³-hybridized carbons (Fsp3) is 0.385. The predicted molar refractivity (Wildman–Crippen MR) is 169 cm³/mol. The van der Waals surface area contributed by atoms with Crippen molar-refractivity contribution in [1.82, 2.24) is 0 Å². The Morgan fingerprint density at radius 2 is 1.64 bits per heavy atom. The van der Waals surface area contributed by atoms with Crippen LogP contribution in [0.25, 0.3) is 5.57 Å². The Balaban J connectivity index is 1.29. The largest absolute Gasteiger partial charge is 0.0992 e. The topological polar surface area (TPSA) is 0 Å². The molecule has 0 heteroatoms. The summed E-state index contributed by atoms with van der Waals surface area (Å²) in [5, 5.41) is 0. The molecule has 0 heterocycles. The van der Waals surface area contributed by atoms with E-state index < -0.39 is 0 Å². The fourth-order valence-corrected chi connectivity index (χ4v) is 6.96. The quantitative estimate of drug-likeness (QED) is 0.236. The molecule has 2 atom stereocenters. The molecular weight excluding hydrogens is 468 g/mol. The van der Waals surface area contributed by atoms with Crippen molar-refractivity contribution in [2.24, 2.45) is 17.8 Å². The van der Waals surface area contributed by atoms with Gasteiger partial charge in [-0.3, -0.25) is 0 Å². The normalized spacial score (nSPS) is 21.5. The van der Waals surface area contributed by atoms with Crippen LogP contribution in [0.5, 0.6) is 0 Å². The first-order valence-electron chi connectivity index (χ1n) is 15.3. The van der Waals surface area contributed by atoms with E-state index >= 15 is 0 Å². The van der Waals surface area contributed by atoms with Crippen molar-refractivity contribution < 1.29 is 0 Å². The van der Waals surface area contributed by atoms with E-state index in [9.17, 15) is 0 Å². The summed E-state index contributed by atoms with van der Waals surface area (Å²) in [4.78, 5) is 0. The second kappa shape index (κ2) is 12.8. The highest BCUT2D eigenvalue weighted by molar-refractivity contribution is 5.76. The number of benzene rings is 3. The van der Waals surface area contributed by atoms with E-state index in [2.05, 4.69) is 112 Å². The Bertz CT molecular complexity index is 1300. The van der Waals surface area contributed by atoms with Gasteiger partial charge < -0.3 is 0 Å². The molecule has 2 aliphatic carbocycles. The molecule has 0 spiro atoms. The molecule has 3 aromatic rings. The van der Waals surface area contributed by atoms with E-state index in [1.165, 1.54) is 76.6 Å². The van der Waals surface area contributed by atoms with E-state index in [1.54, 1.807) is 0 Å². The molecule has 0 aromatic heterocycles. The molecule has 0 bridgehead atoms. The summed E-state index contributed by atoms with van der Waals surface area (Å²) in [6, 6.07) is 27.6. The van der Waals surface area contributed by atoms with Crippen LogP contribution in [-0.4, -0.2) is 0 Å². The highest BCUT2D eigenvalue weighted by Crippen LogP contribution is 2.44. The van der Waals surface area contributed by atoms with Crippen LogP contribution in [0.1, 0.15) is 85.3 Å². The average molecular weight is 515 g/mol. The summed E-state index contributed by atoms with van der Waals surface area (Å²) in [7, 11) is 0. The summed E-state index contributed by atoms with van der Waals surface area (Å²) in [5.74, 6) is 2.47. The van der Waals surface area contributed by atoms with Crippen LogP contribution in [0.3, 0.4) is 0 Å². The van der Waals surface area contributed by atoms with Gasteiger partial charge in [-0.15, -0.1) is 0 Å². The summed E-state index contributed by atoms with van der Waals surface area (Å²) in [5.41, 5.74) is 11.5. The number of allylic oxidation sites excluding steroid dienone is 5. The second-order valence-electron chi connectivity index (χ2n) is 12.2. The van der Waals surface area contributed by atoms with Crippen molar-refractivity contribution in [1.29, 1.82) is 0 Å². The first-order valence-corrected chi connectivity index (χ1v) is 15.3. The van der Waals surface area contributed by atoms with Gasteiger partial charge in [0.15, 0.2) is 0 Å².